The Labute approximate surface area is 129 Å². The summed E-state index contributed by atoms with van der Waals surface area (Å²) in [4.78, 5) is 10.9. The lowest BCUT2D eigenvalue weighted by Crippen LogP contribution is -2.23. The summed E-state index contributed by atoms with van der Waals surface area (Å²) < 4.78 is 5.13. The molecule has 6 heteroatoms. The molecule has 1 aromatic carbocycles. The fraction of sp³-hybridized carbons (Fsp3) is 0.333. The third-order valence-electron chi connectivity index (χ3n) is 3.14. The van der Waals surface area contributed by atoms with Gasteiger partial charge in [-0.3, -0.25) is 0 Å². The van der Waals surface area contributed by atoms with Crippen molar-refractivity contribution in [2.45, 2.75) is 13.8 Å². The predicted octanol–water partition coefficient (Wildman–Crippen LogP) is 3.73. The number of methoxy groups -OCH3 is 1. The van der Waals surface area contributed by atoms with Crippen molar-refractivity contribution in [3.05, 3.63) is 35.5 Å². The highest BCUT2D eigenvalue weighted by Gasteiger charge is 2.07. The van der Waals surface area contributed by atoms with E-state index in [-0.39, 0.29) is 0 Å². The molecule has 0 saturated carbocycles. The van der Waals surface area contributed by atoms with E-state index < -0.39 is 0 Å². The quantitative estimate of drug-likeness (QED) is 0.881. The average Bonchev–Trinajstić information content (AvgIpc) is 2.49. The molecule has 0 spiro atoms. The molecule has 0 aliphatic carbocycles. The standard InChI is InChI=1S/C15H19ClN4O/c1-4-20(5-2)14-8-9-17-15(19-14)18-11-6-7-13(21-3)12(16)10-11/h6-10H,4-5H2,1-3H3,(H,17,18,19). The van der Waals surface area contributed by atoms with Crippen molar-refractivity contribution >= 4 is 29.1 Å². The molecule has 0 atom stereocenters. The minimum atomic E-state index is 0.542. The van der Waals surface area contributed by atoms with Crippen LogP contribution in [0.3, 0.4) is 0 Å². The summed E-state index contributed by atoms with van der Waals surface area (Å²) >= 11 is 6.11. The monoisotopic (exact) mass is 306 g/mol. The SMILES string of the molecule is CCN(CC)c1ccnc(Nc2ccc(OC)c(Cl)c2)n1. The summed E-state index contributed by atoms with van der Waals surface area (Å²) in [6, 6.07) is 7.37. The van der Waals surface area contributed by atoms with E-state index in [4.69, 9.17) is 16.3 Å². The summed E-state index contributed by atoms with van der Waals surface area (Å²) in [6.45, 7) is 6.01. The van der Waals surface area contributed by atoms with Crippen LogP contribution in [0.2, 0.25) is 5.02 Å². The lowest BCUT2D eigenvalue weighted by molar-refractivity contribution is 0.415. The van der Waals surface area contributed by atoms with Crippen LogP contribution in [0.15, 0.2) is 30.5 Å². The Morgan fingerprint density at radius 3 is 2.62 bits per heavy atom. The Morgan fingerprint density at radius 2 is 2.00 bits per heavy atom. The Morgan fingerprint density at radius 1 is 1.24 bits per heavy atom. The van der Waals surface area contributed by atoms with Crippen LogP contribution in [0.5, 0.6) is 5.75 Å². The van der Waals surface area contributed by atoms with Crippen LogP contribution in [0.1, 0.15) is 13.8 Å². The lowest BCUT2D eigenvalue weighted by Gasteiger charge is -2.19. The highest BCUT2D eigenvalue weighted by molar-refractivity contribution is 6.32. The predicted molar refractivity (Wildman–Crippen MR) is 86.9 cm³/mol. The van der Waals surface area contributed by atoms with Gasteiger partial charge in [-0.2, -0.15) is 4.98 Å². The molecule has 0 aliphatic rings. The maximum atomic E-state index is 6.11. The summed E-state index contributed by atoms with van der Waals surface area (Å²) in [5.74, 6) is 2.08. The molecule has 0 saturated heterocycles. The third-order valence-corrected chi connectivity index (χ3v) is 3.43. The zero-order chi connectivity index (χ0) is 15.2. The van der Waals surface area contributed by atoms with Crippen molar-refractivity contribution in [3.63, 3.8) is 0 Å². The van der Waals surface area contributed by atoms with Gasteiger partial charge in [0, 0.05) is 25.0 Å². The molecular formula is C15H19ClN4O. The second kappa shape index (κ2) is 7.13. The Hall–Kier alpha value is -2.01. The zero-order valence-electron chi connectivity index (χ0n) is 12.4. The minimum absolute atomic E-state index is 0.542. The number of hydrogen-bond donors (Lipinski definition) is 1. The Balaban J connectivity index is 2.19. The maximum Gasteiger partial charge on any atom is 0.229 e. The van der Waals surface area contributed by atoms with Crippen molar-refractivity contribution in [2.75, 3.05) is 30.4 Å². The van der Waals surface area contributed by atoms with E-state index in [1.165, 1.54) is 0 Å². The number of anilines is 3. The number of ether oxygens (including phenoxy) is 1. The van der Waals surface area contributed by atoms with Crippen LogP contribution in [0, 0.1) is 0 Å². The summed E-state index contributed by atoms with van der Waals surface area (Å²) in [6.07, 6.45) is 1.74. The molecule has 2 rings (SSSR count). The highest BCUT2D eigenvalue weighted by Crippen LogP contribution is 2.28. The molecule has 1 aromatic heterocycles. The van der Waals surface area contributed by atoms with Crippen LogP contribution in [0.4, 0.5) is 17.5 Å². The fourth-order valence-corrected chi connectivity index (χ4v) is 2.26. The highest BCUT2D eigenvalue weighted by atomic mass is 35.5. The van der Waals surface area contributed by atoms with Gasteiger partial charge in [-0.25, -0.2) is 4.98 Å². The molecule has 0 unspecified atom stereocenters. The van der Waals surface area contributed by atoms with Crippen molar-refractivity contribution in [1.82, 2.24) is 9.97 Å². The van der Waals surface area contributed by atoms with Gasteiger partial charge in [-0.05, 0) is 38.1 Å². The van der Waals surface area contributed by atoms with E-state index in [1.807, 2.05) is 12.1 Å². The first-order valence-corrected chi connectivity index (χ1v) is 7.24. The van der Waals surface area contributed by atoms with E-state index in [0.717, 1.165) is 24.6 Å². The number of hydrogen-bond acceptors (Lipinski definition) is 5. The number of nitrogens with one attached hydrogen (secondary N) is 1. The number of rotatable bonds is 6. The van der Waals surface area contributed by atoms with Crippen LogP contribution >= 0.6 is 11.6 Å². The first kappa shape index (κ1) is 15.4. The van der Waals surface area contributed by atoms with Crippen LogP contribution in [0.25, 0.3) is 0 Å². The normalized spacial score (nSPS) is 10.3. The summed E-state index contributed by atoms with van der Waals surface area (Å²) in [5.41, 5.74) is 0.817. The van der Waals surface area contributed by atoms with E-state index in [0.29, 0.717) is 16.7 Å². The smallest absolute Gasteiger partial charge is 0.229 e. The third kappa shape index (κ3) is 3.76. The second-order valence-corrected chi connectivity index (χ2v) is 4.79. The molecule has 0 bridgehead atoms. The van der Waals surface area contributed by atoms with E-state index in [1.54, 1.807) is 25.4 Å². The van der Waals surface area contributed by atoms with Gasteiger partial charge in [-0.1, -0.05) is 11.6 Å². The molecular weight excluding hydrogens is 288 g/mol. The van der Waals surface area contributed by atoms with Crippen molar-refractivity contribution in [2.24, 2.45) is 0 Å². The van der Waals surface area contributed by atoms with Crippen LogP contribution in [-0.4, -0.2) is 30.2 Å². The molecule has 0 radical (unpaired) electrons. The Kier molecular flexibility index (Phi) is 5.22. The molecule has 21 heavy (non-hydrogen) atoms. The number of aromatic nitrogens is 2. The average molecular weight is 307 g/mol. The molecule has 0 amide bonds. The van der Waals surface area contributed by atoms with E-state index >= 15 is 0 Å². The fourth-order valence-electron chi connectivity index (χ4n) is 2.01. The minimum Gasteiger partial charge on any atom is -0.495 e. The number of benzene rings is 1. The summed E-state index contributed by atoms with van der Waals surface area (Å²) in [5, 5.41) is 3.69. The van der Waals surface area contributed by atoms with Gasteiger partial charge in [0.25, 0.3) is 0 Å². The zero-order valence-corrected chi connectivity index (χ0v) is 13.2. The lowest BCUT2D eigenvalue weighted by atomic mass is 10.3. The molecule has 112 valence electrons. The first-order chi connectivity index (χ1) is 10.2. The summed E-state index contributed by atoms with van der Waals surface area (Å²) in [7, 11) is 1.59. The number of nitrogens with zero attached hydrogens (tertiary/aromatic N) is 3. The van der Waals surface area contributed by atoms with Gasteiger partial charge >= 0.3 is 0 Å². The molecule has 1 heterocycles. The van der Waals surface area contributed by atoms with E-state index in [9.17, 15) is 0 Å². The van der Waals surface area contributed by atoms with Gasteiger partial charge in [0.1, 0.15) is 11.6 Å². The largest absolute Gasteiger partial charge is 0.495 e. The van der Waals surface area contributed by atoms with Gasteiger partial charge in [0.15, 0.2) is 0 Å². The van der Waals surface area contributed by atoms with Crippen LogP contribution < -0.4 is 15.0 Å². The van der Waals surface area contributed by atoms with Gasteiger partial charge in [0.05, 0.1) is 12.1 Å². The van der Waals surface area contributed by atoms with Crippen molar-refractivity contribution in [3.8, 4) is 5.75 Å². The Bertz CT molecular complexity index is 602. The molecule has 2 aromatic rings. The molecule has 1 N–H and O–H groups in total. The van der Waals surface area contributed by atoms with Gasteiger partial charge < -0.3 is 15.0 Å². The maximum absolute atomic E-state index is 6.11. The van der Waals surface area contributed by atoms with Crippen molar-refractivity contribution < 1.29 is 4.74 Å². The molecule has 5 nitrogen and oxygen atoms in total. The first-order valence-electron chi connectivity index (χ1n) is 6.86. The topological polar surface area (TPSA) is 50.3 Å². The molecule has 0 aliphatic heterocycles. The second-order valence-electron chi connectivity index (χ2n) is 4.39. The van der Waals surface area contributed by atoms with Crippen molar-refractivity contribution in [1.29, 1.82) is 0 Å². The van der Waals surface area contributed by atoms with Gasteiger partial charge in [0.2, 0.25) is 5.95 Å². The molecule has 0 fully saturated rings. The van der Waals surface area contributed by atoms with E-state index in [2.05, 4.69) is 34.0 Å². The van der Waals surface area contributed by atoms with Crippen LogP contribution in [-0.2, 0) is 0 Å². The van der Waals surface area contributed by atoms with Gasteiger partial charge in [-0.15, -0.1) is 0 Å². The number of halogens is 1.